The van der Waals surface area contributed by atoms with Crippen molar-refractivity contribution in [2.45, 2.75) is 51.7 Å². The molecule has 0 spiro atoms. The molecule has 1 fully saturated rings. The van der Waals surface area contributed by atoms with Gasteiger partial charge in [0.25, 0.3) is 5.91 Å². The first kappa shape index (κ1) is 16.1. The Morgan fingerprint density at radius 1 is 1.43 bits per heavy atom. The van der Waals surface area contributed by atoms with Gasteiger partial charge in [-0.2, -0.15) is 0 Å². The number of nitrogen functional groups attached to an aromatic ring is 1. The summed E-state index contributed by atoms with van der Waals surface area (Å²) >= 11 is 6.06. The lowest BCUT2D eigenvalue weighted by Crippen LogP contribution is -2.35. The fourth-order valence-electron chi connectivity index (χ4n) is 2.68. The maximum Gasteiger partial charge on any atom is 0.253 e. The molecule has 0 heterocycles. The minimum atomic E-state index is -0.496. The van der Waals surface area contributed by atoms with Gasteiger partial charge < -0.3 is 15.8 Å². The summed E-state index contributed by atoms with van der Waals surface area (Å²) in [5.41, 5.74) is 6.76. The van der Waals surface area contributed by atoms with Crippen LogP contribution in [0.3, 0.4) is 0 Å². The highest BCUT2D eigenvalue weighted by atomic mass is 35.5. The molecule has 3 N–H and O–H groups in total. The fourth-order valence-corrected chi connectivity index (χ4v) is 2.91. The number of hydrogen-bond donors (Lipinski definition) is 2. The van der Waals surface area contributed by atoms with Crippen molar-refractivity contribution in [3.63, 3.8) is 0 Å². The summed E-state index contributed by atoms with van der Waals surface area (Å²) in [7, 11) is 0. The Morgan fingerprint density at radius 3 is 2.81 bits per heavy atom. The van der Waals surface area contributed by atoms with Crippen LogP contribution in [-0.4, -0.2) is 18.1 Å². The molecule has 0 aromatic heterocycles. The van der Waals surface area contributed by atoms with Gasteiger partial charge >= 0.3 is 0 Å². The summed E-state index contributed by atoms with van der Waals surface area (Å²) in [6.07, 6.45) is 4.30. The normalized spacial score (nSPS) is 23.6. The van der Waals surface area contributed by atoms with E-state index in [1.54, 1.807) is 25.1 Å². The zero-order valence-corrected chi connectivity index (χ0v) is 13.3. The van der Waals surface area contributed by atoms with E-state index in [9.17, 15) is 4.79 Å². The van der Waals surface area contributed by atoms with E-state index in [1.807, 2.05) is 0 Å². The first-order valence-corrected chi connectivity index (χ1v) is 7.86. The molecule has 1 aromatic rings. The Kier molecular flexibility index (Phi) is 5.48. The summed E-state index contributed by atoms with van der Waals surface area (Å²) in [5, 5.41) is 3.22. The fraction of sp³-hybridized carbons (Fsp3) is 0.562. The molecule has 1 aromatic carbocycles. The number of benzene rings is 1. The number of rotatable bonds is 4. The van der Waals surface area contributed by atoms with Gasteiger partial charge in [0.15, 0.2) is 0 Å². The van der Waals surface area contributed by atoms with Crippen molar-refractivity contribution in [3.05, 3.63) is 23.2 Å². The van der Waals surface area contributed by atoms with E-state index in [1.165, 1.54) is 19.3 Å². The number of ether oxygens (including phenoxy) is 1. The summed E-state index contributed by atoms with van der Waals surface area (Å²) in [6.45, 7) is 3.97. The second-order valence-electron chi connectivity index (χ2n) is 5.81. The van der Waals surface area contributed by atoms with Crippen LogP contribution < -0.4 is 11.1 Å². The molecule has 1 aliphatic carbocycles. The number of nitrogens with one attached hydrogen (secondary N) is 1. The van der Waals surface area contributed by atoms with Crippen LogP contribution in [0.5, 0.6) is 0 Å². The highest BCUT2D eigenvalue weighted by Crippen LogP contribution is 2.28. The van der Waals surface area contributed by atoms with Gasteiger partial charge in [0.2, 0.25) is 0 Å². The first-order chi connectivity index (χ1) is 9.97. The third-order valence-electron chi connectivity index (χ3n) is 4.03. The van der Waals surface area contributed by atoms with Crippen LogP contribution in [0, 0.1) is 5.92 Å². The smallest absolute Gasteiger partial charge is 0.253 e. The highest BCUT2D eigenvalue weighted by molar-refractivity contribution is 6.34. The number of amides is 1. The molecule has 116 valence electrons. The number of hydrogen-bond acceptors (Lipinski definition) is 3. The SMILES string of the molecule is CC(OC1CCCCC1C)C(=O)Nc1ccc(N)cc1Cl. The van der Waals surface area contributed by atoms with Crippen LogP contribution in [0.4, 0.5) is 11.4 Å². The highest BCUT2D eigenvalue weighted by Gasteiger charge is 2.26. The number of carbonyl (C=O) groups excluding carboxylic acids is 1. The third kappa shape index (κ3) is 4.35. The van der Waals surface area contributed by atoms with Crippen molar-refractivity contribution in [1.29, 1.82) is 0 Å². The third-order valence-corrected chi connectivity index (χ3v) is 4.34. The van der Waals surface area contributed by atoms with Gasteiger partial charge in [-0.15, -0.1) is 0 Å². The predicted octanol–water partition coefficient (Wildman–Crippen LogP) is 3.84. The average Bonchev–Trinajstić information content (AvgIpc) is 2.44. The van der Waals surface area contributed by atoms with Crippen LogP contribution >= 0.6 is 11.6 Å². The van der Waals surface area contributed by atoms with E-state index in [0.29, 0.717) is 22.3 Å². The molecule has 4 nitrogen and oxygen atoms in total. The molecule has 21 heavy (non-hydrogen) atoms. The molecular weight excluding hydrogens is 288 g/mol. The van der Waals surface area contributed by atoms with Gasteiger partial charge in [-0.3, -0.25) is 4.79 Å². The minimum Gasteiger partial charge on any atom is -0.399 e. The zero-order chi connectivity index (χ0) is 15.4. The van der Waals surface area contributed by atoms with E-state index in [0.717, 1.165) is 6.42 Å². The molecule has 0 radical (unpaired) electrons. The largest absolute Gasteiger partial charge is 0.399 e. The molecule has 0 bridgehead atoms. The van der Waals surface area contributed by atoms with Crippen LogP contribution in [0.1, 0.15) is 39.5 Å². The van der Waals surface area contributed by atoms with Gasteiger partial charge in [0.05, 0.1) is 16.8 Å². The monoisotopic (exact) mass is 310 g/mol. The Balaban J connectivity index is 1.92. The molecule has 5 heteroatoms. The van der Waals surface area contributed by atoms with E-state index in [2.05, 4.69) is 12.2 Å². The van der Waals surface area contributed by atoms with E-state index < -0.39 is 6.10 Å². The van der Waals surface area contributed by atoms with Gasteiger partial charge in [-0.05, 0) is 43.9 Å². The molecule has 0 aliphatic heterocycles. The number of halogens is 1. The van der Waals surface area contributed by atoms with Crippen molar-refractivity contribution in [3.8, 4) is 0 Å². The topological polar surface area (TPSA) is 64.3 Å². The maximum atomic E-state index is 12.2. The molecule has 1 amide bonds. The first-order valence-electron chi connectivity index (χ1n) is 7.48. The van der Waals surface area contributed by atoms with Crippen molar-refractivity contribution in [1.82, 2.24) is 0 Å². The lowest BCUT2D eigenvalue weighted by Gasteiger charge is -2.30. The van der Waals surface area contributed by atoms with E-state index in [-0.39, 0.29) is 12.0 Å². The Morgan fingerprint density at radius 2 is 2.14 bits per heavy atom. The Hall–Kier alpha value is -1.26. The molecule has 1 saturated carbocycles. The minimum absolute atomic E-state index is 0.168. The standard InChI is InChI=1S/C16H23ClN2O2/c1-10-5-3-4-6-15(10)21-11(2)16(20)19-14-8-7-12(18)9-13(14)17/h7-11,15H,3-6,18H2,1-2H3,(H,19,20). The summed E-state index contributed by atoms with van der Waals surface area (Å²) < 4.78 is 5.92. The number of anilines is 2. The number of nitrogens with two attached hydrogens (primary N) is 1. The van der Waals surface area contributed by atoms with Crippen molar-refractivity contribution in [2.24, 2.45) is 5.92 Å². The van der Waals surface area contributed by atoms with Gasteiger partial charge in [0.1, 0.15) is 6.10 Å². The lowest BCUT2D eigenvalue weighted by molar-refractivity contribution is -0.133. The maximum absolute atomic E-state index is 12.2. The quantitative estimate of drug-likeness (QED) is 0.830. The second kappa shape index (κ2) is 7.14. The van der Waals surface area contributed by atoms with Gasteiger partial charge in [-0.25, -0.2) is 0 Å². The number of carbonyl (C=O) groups is 1. The zero-order valence-electron chi connectivity index (χ0n) is 12.6. The second-order valence-corrected chi connectivity index (χ2v) is 6.21. The molecular formula is C16H23ClN2O2. The van der Waals surface area contributed by atoms with Crippen LogP contribution in [-0.2, 0) is 9.53 Å². The lowest BCUT2D eigenvalue weighted by atomic mass is 9.88. The molecule has 1 aliphatic rings. The van der Waals surface area contributed by atoms with Gasteiger partial charge in [-0.1, -0.05) is 31.4 Å². The average molecular weight is 311 g/mol. The molecule has 3 unspecified atom stereocenters. The summed E-state index contributed by atoms with van der Waals surface area (Å²) in [6, 6.07) is 5.02. The van der Waals surface area contributed by atoms with Crippen LogP contribution in [0.2, 0.25) is 5.02 Å². The van der Waals surface area contributed by atoms with Crippen LogP contribution in [0.25, 0.3) is 0 Å². The molecule has 2 rings (SSSR count). The summed E-state index contributed by atoms with van der Waals surface area (Å²) in [5.74, 6) is 0.327. The summed E-state index contributed by atoms with van der Waals surface area (Å²) in [4.78, 5) is 12.2. The molecule has 0 saturated heterocycles. The van der Waals surface area contributed by atoms with E-state index >= 15 is 0 Å². The Bertz CT molecular complexity index is 507. The van der Waals surface area contributed by atoms with E-state index in [4.69, 9.17) is 22.1 Å². The predicted molar refractivity (Wildman–Crippen MR) is 86.5 cm³/mol. The van der Waals surface area contributed by atoms with Crippen molar-refractivity contribution >= 4 is 28.9 Å². The van der Waals surface area contributed by atoms with Crippen LogP contribution in [0.15, 0.2) is 18.2 Å². The van der Waals surface area contributed by atoms with Gasteiger partial charge in [0, 0.05) is 5.69 Å². The van der Waals surface area contributed by atoms with Crippen molar-refractivity contribution < 1.29 is 9.53 Å². The van der Waals surface area contributed by atoms with Crippen molar-refractivity contribution in [2.75, 3.05) is 11.1 Å². The molecule has 3 atom stereocenters. The Labute approximate surface area is 131 Å².